The largest absolute Gasteiger partial charge is 0.361 e. The van der Waals surface area contributed by atoms with Crippen molar-refractivity contribution in [1.82, 2.24) is 15.2 Å². The van der Waals surface area contributed by atoms with Crippen LogP contribution in [0.5, 0.6) is 0 Å². The van der Waals surface area contributed by atoms with Crippen molar-refractivity contribution in [2.24, 2.45) is 0 Å². The number of H-pyrrole nitrogens is 2. The minimum atomic E-state index is -0.194. The zero-order chi connectivity index (χ0) is 19.4. The van der Waals surface area contributed by atoms with Crippen molar-refractivity contribution in [1.29, 1.82) is 0 Å². The lowest BCUT2D eigenvalue weighted by molar-refractivity contribution is 0.999. The van der Waals surface area contributed by atoms with Gasteiger partial charge in [0, 0.05) is 48.4 Å². The quantitative estimate of drug-likeness (QED) is 0.382. The summed E-state index contributed by atoms with van der Waals surface area (Å²) in [6.45, 7) is 0. The highest BCUT2D eigenvalue weighted by Crippen LogP contribution is 2.36. The van der Waals surface area contributed by atoms with Crippen molar-refractivity contribution in [3.8, 4) is 22.4 Å². The fraction of sp³-hybridized carbons (Fsp3) is 0. The van der Waals surface area contributed by atoms with Crippen LogP contribution < -0.4 is 5.56 Å². The molecule has 2 N–H and O–H groups in total. The van der Waals surface area contributed by atoms with Gasteiger partial charge >= 0.3 is 0 Å². The van der Waals surface area contributed by atoms with Crippen LogP contribution in [0.2, 0.25) is 0 Å². The highest BCUT2D eigenvalue weighted by molar-refractivity contribution is 7.25. The molecule has 5 heteroatoms. The van der Waals surface area contributed by atoms with E-state index in [0.717, 1.165) is 27.7 Å². The Morgan fingerprint density at radius 1 is 0.759 bits per heavy atom. The molecule has 0 spiro atoms. The van der Waals surface area contributed by atoms with Gasteiger partial charge in [-0.3, -0.25) is 4.79 Å². The monoisotopic (exact) mass is 393 g/mol. The third-order valence-electron chi connectivity index (χ3n) is 5.36. The Balaban J connectivity index is 1.55. The van der Waals surface area contributed by atoms with Gasteiger partial charge in [-0.1, -0.05) is 42.5 Å². The van der Waals surface area contributed by atoms with E-state index in [9.17, 15) is 4.79 Å². The van der Waals surface area contributed by atoms with Gasteiger partial charge in [0.1, 0.15) is 0 Å². The number of benzene rings is 3. The number of para-hydroxylation sites is 1. The van der Waals surface area contributed by atoms with Gasteiger partial charge in [0.25, 0.3) is 5.56 Å². The zero-order valence-electron chi connectivity index (χ0n) is 15.3. The highest BCUT2D eigenvalue weighted by Gasteiger charge is 2.13. The minimum absolute atomic E-state index is 0.194. The van der Waals surface area contributed by atoms with E-state index in [4.69, 9.17) is 0 Å². The molecule has 138 valence electrons. The summed E-state index contributed by atoms with van der Waals surface area (Å²) in [5, 5.41) is 10.5. The van der Waals surface area contributed by atoms with E-state index in [1.54, 1.807) is 11.3 Å². The topological polar surface area (TPSA) is 61.5 Å². The molecule has 0 aliphatic carbocycles. The summed E-state index contributed by atoms with van der Waals surface area (Å²) in [5.74, 6) is 0. The molecule has 0 atom stereocenters. The summed E-state index contributed by atoms with van der Waals surface area (Å²) in [6, 6.07) is 24.6. The zero-order valence-corrected chi connectivity index (χ0v) is 16.1. The summed E-state index contributed by atoms with van der Waals surface area (Å²) in [7, 11) is 0. The van der Waals surface area contributed by atoms with Crippen molar-refractivity contribution in [2.75, 3.05) is 0 Å². The van der Waals surface area contributed by atoms with E-state index < -0.39 is 0 Å². The van der Waals surface area contributed by atoms with Gasteiger partial charge < -0.3 is 4.98 Å². The molecule has 6 aromatic rings. The Kier molecular flexibility index (Phi) is 3.45. The number of fused-ring (bicyclic) bond motifs is 4. The summed E-state index contributed by atoms with van der Waals surface area (Å²) >= 11 is 1.79. The molecule has 0 amide bonds. The smallest absolute Gasteiger partial charge is 0.272 e. The first kappa shape index (κ1) is 16.3. The van der Waals surface area contributed by atoms with Crippen molar-refractivity contribution in [3.63, 3.8) is 0 Å². The molecule has 6 rings (SSSR count). The van der Waals surface area contributed by atoms with Gasteiger partial charge in [0.15, 0.2) is 0 Å². The number of nitrogens with zero attached hydrogens (tertiary/aromatic N) is 1. The maximum absolute atomic E-state index is 12.6. The first-order valence-electron chi connectivity index (χ1n) is 9.36. The number of hydrogen-bond donors (Lipinski definition) is 2. The maximum Gasteiger partial charge on any atom is 0.272 e. The molecule has 0 bridgehead atoms. The van der Waals surface area contributed by atoms with Crippen LogP contribution in [0.3, 0.4) is 0 Å². The van der Waals surface area contributed by atoms with Crippen LogP contribution >= 0.6 is 11.3 Å². The van der Waals surface area contributed by atoms with E-state index in [0.29, 0.717) is 5.56 Å². The molecule has 0 fully saturated rings. The first-order chi connectivity index (χ1) is 14.3. The second kappa shape index (κ2) is 6.15. The molecule has 0 radical (unpaired) electrons. The molecule has 29 heavy (non-hydrogen) atoms. The van der Waals surface area contributed by atoms with E-state index >= 15 is 0 Å². The van der Waals surface area contributed by atoms with Crippen molar-refractivity contribution in [2.45, 2.75) is 0 Å². The van der Waals surface area contributed by atoms with Crippen LogP contribution in [0.4, 0.5) is 0 Å². The minimum Gasteiger partial charge on any atom is -0.361 e. The van der Waals surface area contributed by atoms with Gasteiger partial charge in [-0.2, -0.15) is 5.10 Å². The Hall–Kier alpha value is -3.70. The Bertz CT molecular complexity index is 1590. The van der Waals surface area contributed by atoms with Crippen LogP contribution in [0.25, 0.3) is 53.5 Å². The molecule has 3 aromatic heterocycles. The van der Waals surface area contributed by atoms with E-state index in [-0.39, 0.29) is 5.56 Å². The van der Waals surface area contributed by atoms with E-state index in [1.165, 1.54) is 20.2 Å². The normalized spacial score (nSPS) is 11.6. The van der Waals surface area contributed by atoms with Gasteiger partial charge in [-0.15, -0.1) is 11.3 Å². The Morgan fingerprint density at radius 2 is 1.55 bits per heavy atom. The number of thiophene rings is 1. The predicted octanol–water partition coefficient (Wildman–Crippen LogP) is 5.95. The fourth-order valence-corrected chi connectivity index (χ4v) is 5.02. The Morgan fingerprint density at radius 3 is 2.48 bits per heavy atom. The highest BCUT2D eigenvalue weighted by atomic mass is 32.1. The molecule has 3 heterocycles. The molecular weight excluding hydrogens is 378 g/mol. The van der Waals surface area contributed by atoms with Crippen LogP contribution in [-0.4, -0.2) is 15.2 Å². The standard InChI is InChI=1S/C24H15N3OS/c28-24-18(19-13-25-20-7-3-1-5-15(19)20)12-21(26-27-24)14-9-10-23-17(11-14)16-6-2-4-8-22(16)29-23/h1-13,25H,(H,27,28). The molecule has 0 saturated heterocycles. The Labute approximate surface area is 169 Å². The fourth-order valence-electron chi connectivity index (χ4n) is 3.93. The van der Waals surface area contributed by atoms with Gasteiger partial charge in [-0.25, -0.2) is 5.10 Å². The van der Waals surface area contributed by atoms with Crippen LogP contribution in [0.15, 0.2) is 83.8 Å². The van der Waals surface area contributed by atoms with Gasteiger partial charge in [0.05, 0.1) is 11.3 Å². The van der Waals surface area contributed by atoms with Crippen LogP contribution in [0, 0.1) is 0 Å². The van der Waals surface area contributed by atoms with Crippen LogP contribution in [0.1, 0.15) is 0 Å². The molecule has 0 unspecified atom stereocenters. The SMILES string of the molecule is O=c1[nH]nc(-c2ccc3sc4ccccc4c3c2)cc1-c1c[nH]c2ccccc12. The average Bonchev–Trinajstić information content (AvgIpc) is 3.35. The number of rotatable bonds is 2. The van der Waals surface area contributed by atoms with Crippen molar-refractivity contribution in [3.05, 3.63) is 89.3 Å². The lowest BCUT2D eigenvalue weighted by atomic mass is 10.0. The molecular formula is C24H15N3OS. The first-order valence-corrected chi connectivity index (χ1v) is 10.2. The van der Waals surface area contributed by atoms with Gasteiger partial charge in [0.2, 0.25) is 0 Å². The second-order valence-corrected chi connectivity index (χ2v) is 8.14. The lowest BCUT2D eigenvalue weighted by Gasteiger charge is -2.04. The summed E-state index contributed by atoms with van der Waals surface area (Å²) in [6.07, 6.45) is 1.88. The summed E-state index contributed by atoms with van der Waals surface area (Å²) < 4.78 is 2.52. The third-order valence-corrected chi connectivity index (χ3v) is 6.51. The van der Waals surface area contributed by atoms with E-state index in [2.05, 4.69) is 57.6 Å². The van der Waals surface area contributed by atoms with Crippen molar-refractivity contribution >= 4 is 42.4 Å². The maximum atomic E-state index is 12.6. The van der Waals surface area contributed by atoms with Crippen LogP contribution in [-0.2, 0) is 0 Å². The lowest BCUT2D eigenvalue weighted by Crippen LogP contribution is -2.11. The molecule has 0 aliphatic heterocycles. The van der Waals surface area contributed by atoms with Crippen molar-refractivity contribution < 1.29 is 0 Å². The second-order valence-electron chi connectivity index (χ2n) is 7.05. The molecule has 0 aliphatic rings. The summed E-state index contributed by atoms with van der Waals surface area (Å²) in [5.41, 5.74) is 4.04. The number of nitrogens with one attached hydrogen (secondary N) is 2. The molecule has 3 aromatic carbocycles. The predicted molar refractivity (Wildman–Crippen MR) is 120 cm³/mol. The number of aromatic nitrogens is 3. The molecule has 0 saturated carbocycles. The number of aromatic amines is 2. The summed E-state index contributed by atoms with van der Waals surface area (Å²) in [4.78, 5) is 15.8. The number of hydrogen-bond acceptors (Lipinski definition) is 3. The molecule has 4 nitrogen and oxygen atoms in total. The average molecular weight is 393 g/mol. The third kappa shape index (κ3) is 2.52. The van der Waals surface area contributed by atoms with E-state index in [1.807, 2.05) is 36.5 Å². The van der Waals surface area contributed by atoms with Gasteiger partial charge in [-0.05, 0) is 30.3 Å².